The maximum atomic E-state index is 12.7. The van der Waals surface area contributed by atoms with E-state index < -0.39 is 0 Å². The fraction of sp³-hybridized carbons (Fsp3) is 0.0833. The van der Waals surface area contributed by atoms with Crippen LogP contribution in [0.4, 0.5) is 5.69 Å². The summed E-state index contributed by atoms with van der Waals surface area (Å²) in [6.45, 7) is 7.75. The molecule has 1 unspecified atom stereocenters. The molecule has 8 heteroatoms. The first-order valence-electron chi connectivity index (χ1n) is 9.77. The molecule has 32 heavy (non-hydrogen) atoms. The maximum absolute atomic E-state index is 12.7. The van der Waals surface area contributed by atoms with Crippen LogP contribution >= 0.6 is 23.5 Å². The number of carbonyl (C=O) groups is 2. The summed E-state index contributed by atoms with van der Waals surface area (Å²) >= 11 is 3.04. The van der Waals surface area contributed by atoms with Gasteiger partial charge in [0.2, 0.25) is 0 Å². The minimum absolute atomic E-state index is 0.0335. The predicted molar refractivity (Wildman–Crippen MR) is 130 cm³/mol. The van der Waals surface area contributed by atoms with E-state index in [1.807, 2.05) is 30.5 Å². The van der Waals surface area contributed by atoms with Crippen molar-refractivity contribution in [2.24, 2.45) is 0 Å². The fourth-order valence-electron chi connectivity index (χ4n) is 3.13. The third-order valence-electron chi connectivity index (χ3n) is 4.76. The van der Waals surface area contributed by atoms with Gasteiger partial charge in [-0.2, -0.15) is 0 Å². The predicted octanol–water partition coefficient (Wildman–Crippen LogP) is 4.82. The van der Waals surface area contributed by atoms with Crippen LogP contribution < -0.4 is 16.0 Å². The normalized spacial score (nSPS) is 16.8. The molecule has 0 aliphatic carbocycles. The lowest BCUT2D eigenvalue weighted by Crippen LogP contribution is -2.25. The van der Waals surface area contributed by atoms with Gasteiger partial charge in [0.15, 0.2) is 0 Å². The van der Waals surface area contributed by atoms with Gasteiger partial charge in [-0.25, -0.2) is 0 Å². The highest BCUT2D eigenvalue weighted by Gasteiger charge is 2.22. The van der Waals surface area contributed by atoms with Gasteiger partial charge in [-0.1, -0.05) is 54.9 Å². The van der Waals surface area contributed by atoms with E-state index in [9.17, 15) is 9.59 Å². The van der Waals surface area contributed by atoms with Crippen LogP contribution in [0.25, 0.3) is 0 Å². The van der Waals surface area contributed by atoms with Crippen molar-refractivity contribution in [1.82, 2.24) is 10.6 Å². The van der Waals surface area contributed by atoms with Gasteiger partial charge >= 0.3 is 0 Å². The summed E-state index contributed by atoms with van der Waals surface area (Å²) in [4.78, 5) is 28.0. The average Bonchev–Trinajstić information content (AvgIpc) is 3.21. The molecule has 162 valence electrons. The molecular formula is C24H21N3O3S2. The van der Waals surface area contributed by atoms with Crippen molar-refractivity contribution in [3.8, 4) is 0 Å². The molecule has 2 aliphatic heterocycles. The molecule has 4 rings (SSSR count). The van der Waals surface area contributed by atoms with Crippen LogP contribution in [0.2, 0.25) is 0 Å². The number of rotatable bonds is 6. The molecule has 6 nitrogen and oxygen atoms in total. The van der Waals surface area contributed by atoms with Gasteiger partial charge in [0, 0.05) is 26.5 Å². The summed E-state index contributed by atoms with van der Waals surface area (Å²) < 4.78 is 0. The molecule has 0 bridgehead atoms. The molecule has 0 saturated carbocycles. The number of aliphatic hydroxyl groups is 1. The zero-order valence-electron chi connectivity index (χ0n) is 17.1. The van der Waals surface area contributed by atoms with Crippen molar-refractivity contribution in [1.29, 1.82) is 0 Å². The van der Waals surface area contributed by atoms with Crippen LogP contribution in [0.3, 0.4) is 0 Å². The van der Waals surface area contributed by atoms with Crippen LogP contribution in [-0.4, -0.2) is 28.8 Å². The molecule has 2 amide bonds. The highest BCUT2D eigenvalue weighted by atomic mass is 32.2. The van der Waals surface area contributed by atoms with E-state index in [0.717, 1.165) is 20.3 Å². The number of thioether (sulfide) groups is 1. The van der Waals surface area contributed by atoms with Crippen LogP contribution in [0, 0.1) is 0 Å². The van der Waals surface area contributed by atoms with Gasteiger partial charge in [-0.05, 0) is 42.0 Å². The fourth-order valence-corrected chi connectivity index (χ4v) is 5.10. The van der Waals surface area contributed by atoms with Crippen molar-refractivity contribution in [2.75, 3.05) is 11.9 Å². The van der Waals surface area contributed by atoms with Crippen molar-refractivity contribution >= 4 is 41.0 Å². The van der Waals surface area contributed by atoms with Gasteiger partial charge in [-0.15, -0.1) is 0 Å². The van der Waals surface area contributed by atoms with Crippen LogP contribution in [0.5, 0.6) is 0 Å². The number of hydrogen-bond acceptors (Lipinski definition) is 6. The monoisotopic (exact) mass is 463 g/mol. The lowest BCUT2D eigenvalue weighted by atomic mass is 10.1. The zero-order chi connectivity index (χ0) is 22.7. The van der Waals surface area contributed by atoms with Gasteiger partial charge in [-0.3, -0.25) is 9.59 Å². The molecular weight excluding hydrogens is 442 g/mol. The number of allylic oxidation sites excluding steroid dienone is 1. The van der Waals surface area contributed by atoms with Crippen LogP contribution in [0.15, 0.2) is 100 Å². The second-order valence-electron chi connectivity index (χ2n) is 7.12. The molecule has 0 aromatic heterocycles. The molecule has 2 aromatic rings. The Balaban J connectivity index is 1.37. The van der Waals surface area contributed by atoms with E-state index in [-0.39, 0.29) is 22.9 Å². The SMILES string of the molecule is C=C(O)/C=C\C(=C)C1NC=C(CNC(=O)c2ccc3c(c2)NC(=O)c2ccccc2S3)S1. The average molecular weight is 464 g/mol. The van der Waals surface area contributed by atoms with E-state index >= 15 is 0 Å². The number of hydrogen-bond donors (Lipinski definition) is 4. The van der Waals surface area contributed by atoms with E-state index in [1.54, 1.807) is 24.3 Å². The summed E-state index contributed by atoms with van der Waals surface area (Å²) in [5, 5.41) is 18.1. The minimum Gasteiger partial charge on any atom is -0.509 e. The Morgan fingerprint density at radius 3 is 2.78 bits per heavy atom. The third-order valence-corrected chi connectivity index (χ3v) is 7.15. The van der Waals surface area contributed by atoms with E-state index in [0.29, 0.717) is 23.4 Å². The smallest absolute Gasteiger partial charge is 0.256 e. The maximum Gasteiger partial charge on any atom is 0.256 e. The van der Waals surface area contributed by atoms with E-state index in [1.165, 1.54) is 29.6 Å². The summed E-state index contributed by atoms with van der Waals surface area (Å²) in [6, 6.07) is 12.7. The van der Waals surface area contributed by atoms with E-state index in [2.05, 4.69) is 29.1 Å². The topological polar surface area (TPSA) is 90.5 Å². The quantitative estimate of drug-likeness (QED) is 0.363. The van der Waals surface area contributed by atoms with Crippen molar-refractivity contribution in [3.05, 3.63) is 101 Å². The highest BCUT2D eigenvalue weighted by Crippen LogP contribution is 2.39. The Bertz CT molecular complexity index is 1190. The summed E-state index contributed by atoms with van der Waals surface area (Å²) in [5.74, 6) is -0.448. The van der Waals surface area contributed by atoms with Crippen molar-refractivity contribution in [3.63, 3.8) is 0 Å². The Morgan fingerprint density at radius 1 is 1.16 bits per heavy atom. The van der Waals surface area contributed by atoms with Gasteiger partial charge in [0.05, 0.1) is 17.8 Å². The number of nitrogens with one attached hydrogen (secondary N) is 3. The molecule has 0 fully saturated rings. The molecule has 1 atom stereocenters. The molecule has 4 N–H and O–H groups in total. The molecule has 2 aliphatic rings. The standard InChI is InChI=1S/C24H21N3O3S2/c1-14(7-8-15(2)28)24-26-13-17(31-24)12-25-22(29)16-9-10-21-19(11-16)27-23(30)18-5-3-4-6-20(18)32-21/h3-11,13,24,26,28H,1-2,12H2,(H,25,29)(H,27,30)/b8-7-. The largest absolute Gasteiger partial charge is 0.509 e. The highest BCUT2D eigenvalue weighted by molar-refractivity contribution is 8.04. The third kappa shape index (κ3) is 4.92. The second-order valence-corrected chi connectivity index (χ2v) is 9.44. The Hall–Kier alpha value is -3.36. The second kappa shape index (κ2) is 9.42. The summed E-state index contributed by atoms with van der Waals surface area (Å²) in [6.07, 6.45) is 5.02. The van der Waals surface area contributed by atoms with Gasteiger partial charge in [0.1, 0.15) is 11.1 Å². The first-order valence-corrected chi connectivity index (χ1v) is 11.5. The van der Waals surface area contributed by atoms with E-state index in [4.69, 9.17) is 5.11 Å². The van der Waals surface area contributed by atoms with Crippen molar-refractivity contribution < 1.29 is 14.7 Å². The minimum atomic E-state index is -0.228. The van der Waals surface area contributed by atoms with Gasteiger partial charge in [0.25, 0.3) is 11.8 Å². The lowest BCUT2D eigenvalue weighted by Gasteiger charge is -2.12. The number of anilines is 1. The summed E-state index contributed by atoms with van der Waals surface area (Å²) in [5.41, 5.74) is 2.49. The first kappa shape index (κ1) is 21.9. The molecule has 0 spiro atoms. The number of amides is 2. The zero-order valence-corrected chi connectivity index (χ0v) is 18.7. The van der Waals surface area contributed by atoms with Crippen LogP contribution in [0.1, 0.15) is 20.7 Å². The molecule has 2 aromatic carbocycles. The van der Waals surface area contributed by atoms with Gasteiger partial charge < -0.3 is 21.1 Å². The Kier molecular flexibility index (Phi) is 6.43. The Morgan fingerprint density at radius 2 is 1.97 bits per heavy atom. The number of fused-ring (bicyclic) bond motifs is 2. The number of carbonyl (C=O) groups excluding carboxylic acids is 2. The van der Waals surface area contributed by atoms with Crippen LogP contribution in [-0.2, 0) is 0 Å². The number of aliphatic hydroxyl groups excluding tert-OH is 1. The lowest BCUT2D eigenvalue weighted by molar-refractivity contribution is 0.0956. The van der Waals surface area contributed by atoms with Crippen molar-refractivity contribution in [2.45, 2.75) is 15.2 Å². The molecule has 0 saturated heterocycles. The Labute approximate surface area is 194 Å². The number of benzene rings is 2. The first-order chi connectivity index (χ1) is 15.4. The molecule has 2 heterocycles. The summed E-state index contributed by atoms with van der Waals surface area (Å²) in [7, 11) is 0. The molecule has 0 radical (unpaired) electrons.